The highest BCUT2D eigenvalue weighted by Gasteiger charge is 2.20. The van der Waals surface area contributed by atoms with Crippen molar-refractivity contribution in [3.05, 3.63) is 72.1 Å². The summed E-state index contributed by atoms with van der Waals surface area (Å²) in [5, 5.41) is 2.02. The summed E-state index contributed by atoms with van der Waals surface area (Å²) in [5.41, 5.74) is 3.62. The van der Waals surface area contributed by atoms with Crippen molar-refractivity contribution >= 4 is 34.4 Å². The highest BCUT2D eigenvalue weighted by Crippen LogP contribution is 2.27. The van der Waals surface area contributed by atoms with E-state index in [1.54, 1.807) is 6.20 Å². The number of carbonyl (C=O) groups is 2. The lowest BCUT2D eigenvalue weighted by Gasteiger charge is -2.11. The predicted octanol–water partition coefficient (Wildman–Crippen LogP) is 4.40. The van der Waals surface area contributed by atoms with Gasteiger partial charge in [0.25, 0.3) is 0 Å². The number of nitrogens with zero attached hydrogens (tertiary/aromatic N) is 1. The van der Waals surface area contributed by atoms with Crippen molar-refractivity contribution in [1.82, 2.24) is 9.55 Å². The van der Waals surface area contributed by atoms with Crippen molar-refractivity contribution in [1.29, 1.82) is 0 Å². The van der Waals surface area contributed by atoms with Gasteiger partial charge in [0.2, 0.25) is 0 Å². The van der Waals surface area contributed by atoms with Crippen LogP contribution in [0.15, 0.2) is 60.9 Å². The number of aromatic amines is 1. The molecule has 2 aromatic carbocycles. The highest BCUT2D eigenvalue weighted by molar-refractivity contribution is 5.98. The first-order valence-corrected chi connectivity index (χ1v) is 8.95. The van der Waals surface area contributed by atoms with E-state index >= 15 is 0 Å². The molecule has 5 nitrogen and oxygen atoms in total. The van der Waals surface area contributed by atoms with Crippen LogP contribution in [0.1, 0.15) is 33.2 Å². The van der Waals surface area contributed by atoms with Crippen molar-refractivity contribution in [2.45, 2.75) is 12.5 Å². The number of fused-ring (bicyclic) bond motifs is 2. The molecular weight excluding hydrogens is 340 g/mol. The van der Waals surface area contributed by atoms with E-state index < -0.39 is 0 Å². The molecule has 3 heterocycles. The molecule has 0 amide bonds. The lowest BCUT2D eigenvalue weighted by molar-refractivity contribution is 0.111. The van der Waals surface area contributed by atoms with Crippen LogP contribution in [0.5, 0.6) is 0 Å². The number of ether oxygens (including phenoxy) is 1. The topological polar surface area (TPSA) is 64.1 Å². The summed E-state index contributed by atoms with van der Waals surface area (Å²) in [4.78, 5) is 24.5. The molecule has 1 N–H and O–H groups in total. The Morgan fingerprint density at radius 3 is 2.44 bits per heavy atom. The third-order valence-electron chi connectivity index (χ3n) is 4.95. The maximum absolute atomic E-state index is 11.0. The number of hydrogen-bond donors (Lipinski definition) is 1. The Morgan fingerprint density at radius 1 is 0.963 bits per heavy atom. The van der Waals surface area contributed by atoms with Crippen LogP contribution >= 0.6 is 0 Å². The SMILES string of the molecule is O=Cc1c[nH]c2ccccc12.O=Cc1cn(C2CCOC2)c2ccccc12. The maximum atomic E-state index is 11.0. The molecule has 0 aliphatic carbocycles. The molecule has 0 saturated carbocycles. The molecular formula is C22H20N2O3. The first-order chi connectivity index (χ1) is 13.3. The molecule has 1 aliphatic heterocycles. The van der Waals surface area contributed by atoms with Crippen molar-refractivity contribution < 1.29 is 14.3 Å². The van der Waals surface area contributed by atoms with E-state index in [9.17, 15) is 9.59 Å². The van der Waals surface area contributed by atoms with Gasteiger partial charge in [0.05, 0.1) is 12.6 Å². The number of aromatic nitrogens is 2. The predicted molar refractivity (Wildman–Crippen MR) is 105 cm³/mol. The standard InChI is InChI=1S/C13H13NO2.C9H7NO/c15-8-10-7-14(11-5-6-16-9-11)13-4-2-1-3-12(10)13;11-6-7-5-10-9-4-2-1-3-8(7)9/h1-4,7-8,11H,5-6,9H2;1-6,10H. The molecule has 5 rings (SSSR count). The third kappa shape index (κ3) is 3.29. The van der Waals surface area contributed by atoms with Gasteiger partial charge < -0.3 is 14.3 Å². The van der Waals surface area contributed by atoms with E-state index in [0.717, 1.165) is 65.1 Å². The van der Waals surface area contributed by atoms with Crippen LogP contribution in [-0.2, 0) is 4.74 Å². The van der Waals surface area contributed by atoms with Crippen LogP contribution in [0.2, 0.25) is 0 Å². The molecule has 0 bridgehead atoms. The summed E-state index contributed by atoms with van der Waals surface area (Å²) in [5.74, 6) is 0. The summed E-state index contributed by atoms with van der Waals surface area (Å²) >= 11 is 0. The summed E-state index contributed by atoms with van der Waals surface area (Å²) in [6, 6.07) is 16.1. The van der Waals surface area contributed by atoms with Crippen LogP contribution in [0.4, 0.5) is 0 Å². The zero-order valence-corrected chi connectivity index (χ0v) is 14.8. The number of nitrogens with one attached hydrogen (secondary N) is 1. The molecule has 5 heteroatoms. The first kappa shape index (κ1) is 17.2. The first-order valence-electron chi connectivity index (χ1n) is 8.95. The Labute approximate surface area is 156 Å². The van der Waals surface area contributed by atoms with Gasteiger partial charge in [-0.25, -0.2) is 0 Å². The number of rotatable bonds is 3. The normalized spacial score (nSPS) is 16.2. The number of H-pyrrole nitrogens is 1. The largest absolute Gasteiger partial charge is 0.379 e. The van der Waals surface area contributed by atoms with Crippen LogP contribution in [0.25, 0.3) is 21.8 Å². The number of para-hydroxylation sites is 2. The monoisotopic (exact) mass is 360 g/mol. The van der Waals surface area contributed by atoms with Gasteiger partial charge in [-0.2, -0.15) is 0 Å². The second kappa shape index (κ2) is 7.60. The minimum atomic E-state index is 0.374. The average Bonchev–Trinajstić information content (AvgIpc) is 3.46. The maximum Gasteiger partial charge on any atom is 0.152 e. The van der Waals surface area contributed by atoms with Gasteiger partial charge in [-0.15, -0.1) is 0 Å². The van der Waals surface area contributed by atoms with Gasteiger partial charge in [0.15, 0.2) is 12.6 Å². The summed E-state index contributed by atoms with van der Waals surface area (Å²) in [7, 11) is 0. The molecule has 4 aromatic rings. The zero-order valence-electron chi connectivity index (χ0n) is 14.8. The van der Waals surface area contributed by atoms with Crippen molar-refractivity contribution in [2.24, 2.45) is 0 Å². The molecule has 27 heavy (non-hydrogen) atoms. The molecule has 1 aliphatic rings. The highest BCUT2D eigenvalue weighted by atomic mass is 16.5. The van der Waals surface area contributed by atoms with E-state index in [0.29, 0.717) is 6.04 Å². The average molecular weight is 360 g/mol. The van der Waals surface area contributed by atoms with Crippen LogP contribution in [-0.4, -0.2) is 35.3 Å². The van der Waals surface area contributed by atoms with E-state index in [1.165, 1.54) is 0 Å². The molecule has 0 radical (unpaired) electrons. The lowest BCUT2D eigenvalue weighted by Crippen LogP contribution is -2.06. The summed E-state index contributed by atoms with van der Waals surface area (Å²) in [6.07, 6.45) is 6.47. The summed E-state index contributed by atoms with van der Waals surface area (Å²) in [6.45, 7) is 1.56. The van der Waals surface area contributed by atoms with E-state index in [2.05, 4.69) is 15.6 Å². The van der Waals surface area contributed by atoms with E-state index in [-0.39, 0.29) is 0 Å². The molecule has 1 atom stereocenters. The molecule has 1 unspecified atom stereocenters. The van der Waals surface area contributed by atoms with Gasteiger partial charge in [-0.1, -0.05) is 36.4 Å². The Balaban J connectivity index is 0.000000143. The Kier molecular flexibility index (Phi) is 4.85. The lowest BCUT2D eigenvalue weighted by atomic mass is 10.2. The van der Waals surface area contributed by atoms with E-state index in [4.69, 9.17) is 4.74 Å². The van der Waals surface area contributed by atoms with Crippen molar-refractivity contribution in [3.63, 3.8) is 0 Å². The fraction of sp³-hybridized carbons (Fsp3) is 0.182. The molecule has 1 fully saturated rings. The van der Waals surface area contributed by atoms with Gasteiger partial charge in [0, 0.05) is 51.9 Å². The van der Waals surface area contributed by atoms with Gasteiger partial charge in [0.1, 0.15) is 0 Å². The Morgan fingerprint density at radius 2 is 1.70 bits per heavy atom. The number of benzene rings is 2. The van der Waals surface area contributed by atoms with Gasteiger partial charge >= 0.3 is 0 Å². The van der Waals surface area contributed by atoms with Crippen molar-refractivity contribution in [2.75, 3.05) is 13.2 Å². The summed E-state index contributed by atoms with van der Waals surface area (Å²) < 4.78 is 7.57. The van der Waals surface area contributed by atoms with E-state index in [1.807, 2.05) is 48.7 Å². The zero-order chi connectivity index (χ0) is 18.6. The second-order valence-corrected chi connectivity index (χ2v) is 6.55. The van der Waals surface area contributed by atoms with Crippen LogP contribution in [0.3, 0.4) is 0 Å². The Bertz CT molecular complexity index is 1090. The van der Waals surface area contributed by atoms with Gasteiger partial charge in [-0.05, 0) is 18.6 Å². The number of aldehydes is 2. The molecule has 2 aromatic heterocycles. The van der Waals surface area contributed by atoms with Crippen LogP contribution < -0.4 is 0 Å². The molecule has 1 saturated heterocycles. The molecule has 136 valence electrons. The second-order valence-electron chi connectivity index (χ2n) is 6.55. The minimum absolute atomic E-state index is 0.374. The molecule has 0 spiro atoms. The van der Waals surface area contributed by atoms with Crippen molar-refractivity contribution in [3.8, 4) is 0 Å². The quantitative estimate of drug-likeness (QED) is 0.551. The third-order valence-corrected chi connectivity index (χ3v) is 4.95. The Hall–Kier alpha value is -3.18. The van der Waals surface area contributed by atoms with Gasteiger partial charge in [-0.3, -0.25) is 9.59 Å². The fourth-order valence-electron chi connectivity index (χ4n) is 3.56. The number of hydrogen-bond acceptors (Lipinski definition) is 3. The smallest absolute Gasteiger partial charge is 0.152 e. The minimum Gasteiger partial charge on any atom is -0.379 e. The fourth-order valence-corrected chi connectivity index (χ4v) is 3.56. The number of carbonyl (C=O) groups excluding carboxylic acids is 2. The van der Waals surface area contributed by atoms with Crippen LogP contribution in [0, 0.1) is 0 Å².